The Kier molecular flexibility index (Phi) is 3.96. The Morgan fingerprint density at radius 1 is 1.45 bits per heavy atom. The normalized spacial score (nSPS) is 15.5. The van der Waals surface area contributed by atoms with Crippen molar-refractivity contribution < 1.29 is 15.3 Å². The number of aliphatic hydroxyl groups is 3. The fourth-order valence-electron chi connectivity index (χ4n) is 0.734. The fraction of sp³-hybridized carbons (Fsp3) is 1.00. The molecule has 0 rings (SSSR count). The van der Waals surface area contributed by atoms with Gasteiger partial charge in [-0.05, 0) is 13.5 Å². The van der Waals surface area contributed by atoms with Crippen molar-refractivity contribution in [1.82, 2.24) is 4.90 Å². The van der Waals surface area contributed by atoms with Crippen molar-refractivity contribution in [2.24, 2.45) is 0 Å². The van der Waals surface area contributed by atoms with E-state index in [1.54, 1.807) is 0 Å². The van der Waals surface area contributed by atoms with Crippen molar-refractivity contribution in [2.75, 3.05) is 7.05 Å². The van der Waals surface area contributed by atoms with E-state index >= 15 is 0 Å². The molecule has 0 fully saturated rings. The van der Waals surface area contributed by atoms with Gasteiger partial charge >= 0.3 is 0 Å². The second-order valence-corrected chi connectivity index (χ2v) is 2.85. The third-order valence-corrected chi connectivity index (χ3v) is 1.66. The molecular formula is C7H17NO3. The molecule has 0 heterocycles. The van der Waals surface area contributed by atoms with E-state index in [1.807, 2.05) is 6.92 Å². The molecule has 1 atom stereocenters. The quantitative estimate of drug-likeness (QED) is 0.498. The number of hydrogen-bond donors (Lipinski definition) is 3. The van der Waals surface area contributed by atoms with Gasteiger partial charge in [0.05, 0.1) is 0 Å². The monoisotopic (exact) mass is 163 g/mol. The average molecular weight is 163 g/mol. The molecule has 0 aliphatic heterocycles. The maximum Gasteiger partial charge on any atom is 0.223 e. The summed E-state index contributed by atoms with van der Waals surface area (Å²) in [4.78, 5) is 1.11. The summed E-state index contributed by atoms with van der Waals surface area (Å²) in [5, 5.41) is 27.3. The Labute approximate surface area is 67.1 Å². The molecular weight excluding hydrogens is 146 g/mol. The van der Waals surface area contributed by atoms with Gasteiger partial charge in [0.15, 0.2) is 0 Å². The van der Waals surface area contributed by atoms with Gasteiger partial charge in [0.2, 0.25) is 5.91 Å². The maximum atomic E-state index is 9.26. The number of rotatable bonds is 4. The first kappa shape index (κ1) is 10.8. The van der Waals surface area contributed by atoms with Crippen molar-refractivity contribution >= 4 is 0 Å². The molecule has 0 aromatic carbocycles. The minimum absolute atomic E-state index is 0.535. The summed E-state index contributed by atoms with van der Waals surface area (Å²) in [6.45, 7) is 3.13. The molecule has 0 radical (unpaired) electrons. The van der Waals surface area contributed by atoms with Crippen LogP contribution in [-0.4, -0.2) is 39.4 Å². The maximum absolute atomic E-state index is 9.26. The summed E-state index contributed by atoms with van der Waals surface area (Å²) >= 11 is 0. The molecule has 68 valence electrons. The molecule has 0 aromatic heterocycles. The summed E-state index contributed by atoms with van der Waals surface area (Å²) in [7, 11) is 1.46. The Balaban J connectivity index is 3.91. The highest BCUT2D eigenvalue weighted by atomic mass is 16.5. The smallest absolute Gasteiger partial charge is 0.223 e. The summed E-state index contributed by atoms with van der Waals surface area (Å²) in [6, 6.07) is 0. The van der Waals surface area contributed by atoms with E-state index < -0.39 is 12.1 Å². The van der Waals surface area contributed by atoms with E-state index in [9.17, 15) is 5.11 Å². The first-order valence-electron chi connectivity index (χ1n) is 3.75. The Bertz CT molecular complexity index is 111. The SMILES string of the molecule is CCCC(O)N(C)C(C)(O)O. The lowest BCUT2D eigenvalue weighted by atomic mass is 10.3. The van der Waals surface area contributed by atoms with Crippen LogP contribution in [0, 0.1) is 0 Å². The predicted molar refractivity (Wildman–Crippen MR) is 41.5 cm³/mol. The highest BCUT2D eigenvalue weighted by molar-refractivity contribution is 4.61. The molecule has 0 aliphatic carbocycles. The van der Waals surface area contributed by atoms with Crippen LogP contribution in [0.5, 0.6) is 0 Å². The van der Waals surface area contributed by atoms with Gasteiger partial charge in [-0.2, -0.15) is 0 Å². The molecule has 0 spiro atoms. The molecule has 11 heavy (non-hydrogen) atoms. The summed E-state index contributed by atoms with van der Waals surface area (Å²) in [6.07, 6.45) is 0.550. The van der Waals surface area contributed by atoms with Crippen LogP contribution in [0.25, 0.3) is 0 Å². The Morgan fingerprint density at radius 3 is 2.18 bits per heavy atom. The van der Waals surface area contributed by atoms with Crippen molar-refractivity contribution in [3.8, 4) is 0 Å². The molecule has 0 bridgehead atoms. The molecule has 3 N–H and O–H groups in total. The molecule has 4 nitrogen and oxygen atoms in total. The second kappa shape index (κ2) is 4.01. The Hall–Kier alpha value is -0.160. The van der Waals surface area contributed by atoms with Gasteiger partial charge in [0.1, 0.15) is 6.23 Å². The zero-order valence-electron chi connectivity index (χ0n) is 7.28. The molecule has 0 aromatic rings. The zero-order valence-corrected chi connectivity index (χ0v) is 7.28. The van der Waals surface area contributed by atoms with Gasteiger partial charge in [0, 0.05) is 6.92 Å². The average Bonchev–Trinajstić information content (AvgIpc) is 1.85. The highest BCUT2D eigenvalue weighted by Crippen LogP contribution is 2.10. The van der Waals surface area contributed by atoms with Crippen LogP contribution in [0.1, 0.15) is 26.7 Å². The van der Waals surface area contributed by atoms with Crippen LogP contribution in [0.2, 0.25) is 0 Å². The van der Waals surface area contributed by atoms with E-state index in [2.05, 4.69) is 0 Å². The van der Waals surface area contributed by atoms with Crippen LogP contribution in [-0.2, 0) is 0 Å². The lowest BCUT2D eigenvalue weighted by Gasteiger charge is -2.32. The lowest BCUT2D eigenvalue weighted by molar-refractivity contribution is -0.277. The van der Waals surface area contributed by atoms with Crippen LogP contribution in [0.3, 0.4) is 0 Å². The van der Waals surface area contributed by atoms with Crippen molar-refractivity contribution in [3.63, 3.8) is 0 Å². The van der Waals surface area contributed by atoms with Crippen LogP contribution >= 0.6 is 0 Å². The molecule has 0 saturated heterocycles. The van der Waals surface area contributed by atoms with E-state index in [0.717, 1.165) is 11.3 Å². The zero-order chi connectivity index (χ0) is 9.07. The summed E-state index contributed by atoms with van der Waals surface area (Å²) in [5.74, 6) is -1.94. The number of hydrogen-bond acceptors (Lipinski definition) is 4. The van der Waals surface area contributed by atoms with Crippen LogP contribution < -0.4 is 0 Å². The van der Waals surface area contributed by atoms with Crippen molar-refractivity contribution in [1.29, 1.82) is 0 Å². The molecule has 1 unspecified atom stereocenters. The van der Waals surface area contributed by atoms with E-state index in [4.69, 9.17) is 10.2 Å². The van der Waals surface area contributed by atoms with Gasteiger partial charge in [-0.15, -0.1) is 0 Å². The fourth-order valence-corrected chi connectivity index (χ4v) is 0.734. The summed E-state index contributed by atoms with van der Waals surface area (Å²) in [5.41, 5.74) is 0. The van der Waals surface area contributed by atoms with Gasteiger partial charge in [-0.25, -0.2) is 4.90 Å². The van der Waals surface area contributed by atoms with E-state index in [1.165, 1.54) is 14.0 Å². The topological polar surface area (TPSA) is 63.9 Å². The van der Waals surface area contributed by atoms with E-state index in [0.29, 0.717) is 6.42 Å². The Morgan fingerprint density at radius 2 is 1.91 bits per heavy atom. The van der Waals surface area contributed by atoms with Crippen LogP contribution in [0.15, 0.2) is 0 Å². The van der Waals surface area contributed by atoms with Gasteiger partial charge in [0.25, 0.3) is 0 Å². The van der Waals surface area contributed by atoms with Crippen molar-refractivity contribution in [2.45, 2.75) is 38.8 Å². The van der Waals surface area contributed by atoms with Gasteiger partial charge in [-0.1, -0.05) is 13.3 Å². The van der Waals surface area contributed by atoms with Crippen molar-refractivity contribution in [3.05, 3.63) is 0 Å². The lowest BCUT2D eigenvalue weighted by Crippen LogP contribution is -2.49. The number of aliphatic hydroxyl groups excluding tert-OH is 1. The first-order valence-corrected chi connectivity index (χ1v) is 3.75. The molecule has 0 saturated carbocycles. The van der Waals surface area contributed by atoms with E-state index in [-0.39, 0.29) is 0 Å². The minimum atomic E-state index is -1.94. The first-order chi connectivity index (χ1) is 4.89. The third kappa shape index (κ3) is 3.67. The second-order valence-electron chi connectivity index (χ2n) is 2.85. The third-order valence-electron chi connectivity index (χ3n) is 1.66. The standard InChI is InChI=1S/C7H17NO3/c1-4-5-6(9)8(3)7(2,10)11/h6,9-11H,4-5H2,1-3H3. The van der Waals surface area contributed by atoms with Crippen LogP contribution in [0.4, 0.5) is 0 Å². The largest absolute Gasteiger partial charge is 0.378 e. The van der Waals surface area contributed by atoms with Gasteiger partial charge < -0.3 is 15.3 Å². The minimum Gasteiger partial charge on any atom is -0.378 e. The molecule has 0 amide bonds. The highest BCUT2D eigenvalue weighted by Gasteiger charge is 2.26. The summed E-state index contributed by atoms with van der Waals surface area (Å²) < 4.78 is 0. The molecule has 4 heteroatoms. The number of nitrogens with zero attached hydrogens (tertiary/aromatic N) is 1. The molecule has 0 aliphatic rings. The predicted octanol–water partition coefficient (Wildman–Crippen LogP) is -0.305. The van der Waals surface area contributed by atoms with Gasteiger partial charge in [-0.3, -0.25) is 0 Å².